The van der Waals surface area contributed by atoms with Gasteiger partial charge in [0.2, 0.25) is 0 Å². The van der Waals surface area contributed by atoms with Crippen LogP contribution in [-0.2, 0) is 9.84 Å². The Labute approximate surface area is 91.4 Å². The highest BCUT2D eigenvalue weighted by Crippen LogP contribution is 2.49. The molecule has 0 amide bonds. The maximum atomic E-state index is 11.7. The molecule has 15 heavy (non-hydrogen) atoms. The van der Waals surface area contributed by atoms with Crippen molar-refractivity contribution < 1.29 is 8.42 Å². The van der Waals surface area contributed by atoms with Crippen molar-refractivity contribution in [2.75, 3.05) is 11.5 Å². The van der Waals surface area contributed by atoms with Gasteiger partial charge in [-0.3, -0.25) is 0 Å². The highest BCUT2D eigenvalue weighted by Gasteiger charge is 2.45. The monoisotopic (exact) mass is 230 g/mol. The summed E-state index contributed by atoms with van der Waals surface area (Å²) in [7, 11) is -3.09. The number of rotatable bonds is 6. The summed E-state index contributed by atoms with van der Waals surface area (Å²) in [6.07, 6.45) is 2.75. The summed E-state index contributed by atoms with van der Waals surface area (Å²) in [5, 5.41) is 8.60. The predicted octanol–water partition coefficient (Wildman–Crippen LogP) is 0.832. The maximum Gasteiger partial charge on any atom is 0.152 e. The lowest BCUT2D eigenvalue weighted by Gasteiger charge is -2.14. The highest BCUT2D eigenvalue weighted by atomic mass is 32.2. The average molecular weight is 230 g/mol. The van der Waals surface area contributed by atoms with E-state index in [-0.39, 0.29) is 23.0 Å². The van der Waals surface area contributed by atoms with E-state index in [9.17, 15) is 8.42 Å². The molecule has 1 saturated carbocycles. The normalized spacial score (nSPS) is 20.6. The molecule has 1 rings (SSSR count). The number of sulfone groups is 1. The van der Waals surface area contributed by atoms with Crippen LogP contribution in [0.2, 0.25) is 0 Å². The van der Waals surface area contributed by atoms with Gasteiger partial charge in [0.1, 0.15) is 0 Å². The van der Waals surface area contributed by atoms with Crippen molar-refractivity contribution in [2.45, 2.75) is 38.6 Å². The first kappa shape index (κ1) is 12.5. The Morgan fingerprint density at radius 3 is 2.53 bits per heavy atom. The molecule has 0 aromatic heterocycles. The molecule has 4 nitrogen and oxygen atoms in total. The Morgan fingerprint density at radius 2 is 2.13 bits per heavy atom. The number of nitrogens with two attached hydrogens (primary N) is 1. The van der Waals surface area contributed by atoms with Crippen molar-refractivity contribution in [1.29, 1.82) is 5.26 Å². The van der Waals surface area contributed by atoms with Crippen molar-refractivity contribution >= 4 is 9.84 Å². The summed E-state index contributed by atoms with van der Waals surface area (Å²) in [5.74, 6) is 0.192. The van der Waals surface area contributed by atoms with Crippen molar-refractivity contribution in [3.8, 4) is 6.07 Å². The van der Waals surface area contributed by atoms with Crippen LogP contribution < -0.4 is 5.73 Å². The van der Waals surface area contributed by atoms with Crippen LogP contribution in [0.5, 0.6) is 0 Å². The molecule has 0 bridgehead atoms. The third-order valence-corrected chi connectivity index (χ3v) is 4.92. The van der Waals surface area contributed by atoms with Crippen molar-refractivity contribution in [1.82, 2.24) is 0 Å². The molecule has 0 aliphatic heterocycles. The van der Waals surface area contributed by atoms with E-state index >= 15 is 0 Å². The van der Waals surface area contributed by atoms with Crippen LogP contribution in [0.4, 0.5) is 0 Å². The van der Waals surface area contributed by atoms with Gasteiger partial charge in [-0.2, -0.15) is 5.26 Å². The number of hydrogen-bond donors (Lipinski definition) is 1. The van der Waals surface area contributed by atoms with Crippen molar-refractivity contribution in [2.24, 2.45) is 11.1 Å². The smallest absolute Gasteiger partial charge is 0.152 e. The predicted molar refractivity (Wildman–Crippen MR) is 58.8 cm³/mol. The van der Waals surface area contributed by atoms with Gasteiger partial charge in [-0.15, -0.1) is 0 Å². The second kappa shape index (κ2) is 4.50. The molecular formula is C10H18N2O2S. The summed E-state index contributed by atoms with van der Waals surface area (Å²) in [5.41, 5.74) is 5.39. The van der Waals surface area contributed by atoms with Crippen LogP contribution in [0.3, 0.4) is 0 Å². The molecule has 0 aromatic rings. The Hall–Kier alpha value is -0.600. The van der Waals surface area contributed by atoms with E-state index in [0.29, 0.717) is 12.8 Å². The molecule has 5 heteroatoms. The lowest BCUT2D eigenvalue weighted by atomic mass is 10.1. The first-order valence-corrected chi connectivity index (χ1v) is 7.08. The molecule has 2 N–H and O–H groups in total. The fourth-order valence-electron chi connectivity index (χ4n) is 1.69. The quantitative estimate of drug-likeness (QED) is 0.732. The van der Waals surface area contributed by atoms with E-state index in [1.165, 1.54) is 0 Å². The van der Waals surface area contributed by atoms with Crippen LogP contribution in [0.1, 0.15) is 32.6 Å². The van der Waals surface area contributed by atoms with Gasteiger partial charge in [0.25, 0.3) is 0 Å². The summed E-state index contributed by atoms with van der Waals surface area (Å²) < 4.78 is 23.5. The Kier molecular flexibility index (Phi) is 3.74. The lowest BCUT2D eigenvalue weighted by Crippen LogP contribution is -2.32. The second-order valence-electron chi connectivity index (χ2n) is 4.56. The van der Waals surface area contributed by atoms with Crippen LogP contribution in [-0.4, -0.2) is 26.0 Å². The molecular weight excluding hydrogens is 212 g/mol. The molecule has 1 atom stereocenters. The second-order valence-corrected chi connectivity index (χ2v) is 6.67. The Balaban J connectivity index is 2.54. The zero-order chi connectivity index (χ0) is 11.5. The van der Waals surface area contributed by atoms with E-state index in [2.05, 4.69) is 6.07 Å². The van der Waals surface area contributed by atoms with Crippen LogP contribution in [0.15, 0.2) is 0 Å². The zero-order valence-corrected chi connectivity index (χ0v) is 9.89. The summed E-state index contributed by atoms with van der Waals surface area (Å²) in [6, 6.07) is 1.79. The minimum Gasteiger partial charge on any atom is -0.327 e. The highest BCUT2D eigenvalue weighted by molar-refractivity contribution is 7.91. The van der Waals surface area contributed by atoms with Gasteiger partial charge >= 0.3 is 0 Å². The molecule has 0 saturated heterocycles. The summed E-state index contributed by atoms with van der Waals surface area (Å²) >= 11 is 0. The number of nitriles is 1. The van der Waals surface area contributed by atoms with E-state index < -0.39 is 9.84 Å². The molecule has 1 aliphatic carbocycles. The van der Waals surface area contributed by atoms with Gasteiger partial charge in [-0.25, -0.2) is 8.42 Å². The van der Waals surface area contributed by atoms with Crippen LogP contribution in [0.25, 0.3) is 0 Å². The topological polar surface area (TPSA) is 84.0 Å². The zero-order valence-electron chi connectivity index (χ0n) is 9.07. The van der Waals surface area contributed by atoms with Gasteiger partial charge < -0.3 is 5.73 Å². The molecule has 1 unspecified atom stereocenters. The first-order chi connectivity index (χ1) is 6.93. The SMILES string of the molecule is CCC(N)CS(=O)(=O)CC1(CC#N)CC1. The fraction of sp³-hybridized carbons (Fsp3) is 0.900. The third kappa shape index (κ3) is 3.80. The summed E-state index contributed by atoms with van der Waals surface area (Å²) in [6.45, 7) is 1.88. The standard InChI is InChI=1S/C10H18N2O2S/c1-2-9(12)7-15(13,14)8-10(3-4-10)5-6-11/h9H,2-5,7-8,12H2,1H3. The summed E-state index contributed by atoms with van der Waals surface area (Å²) in [4.78, 5) is 0. The number of hydrogen-bond acceptors (Lipinski definition) is 4. The van der Waals surface area contributed by atoms with E-state index in [1.807, 2.05) is 6.92 Å². The molecule has 0 spiro atoms. The molecule has 86 valence electrons. The van der Waals surface area contributed by atoms with Crippen molar-refractivity contribution in [3.05, 3.63) is 0 Å². The molecule has 1 fully saturated rings. The van der Waals surface area contributed by atoms with Gasteiger partial charge in [0.15, 0.2) is 9.84 Å². The van der Waals surface area contributed by atoms with E-state index in [0.717, 1.165) is 12.8 Å². The average Bonchev–Trinajstić information content (AvgIpc) is 2.83. The molecule has 0 aromatic carbocycles. The first-order valence-electron chi connectivity index (χ1n) is 5.26. The molecule has 0 heterocycles. The van der Waals surface area contributed by atoms with Crippen LogP contribution in [0, 0.1) is 16.7 Å². The molecule has 0 radical (unpaired) electrons. The number of nitrogens with zero attached hydrogens (tertiary/aromatic N) is 1. The molecule has 1 aliphatic rings. The largest absolute Gasteiger partial charge is 0.327 e. The van der Waals surface area contributed by atoms with E-state index in [4.69, 9.17) is 11.0 Å². The fourth-order valence-corrected chi connectivity index (χ4v) is 4.02. The third-order valence-electron chi connectivity index (χ3n) is 2.93. The minimum absolute atomic E-state index is 0.0523. The van der Waals surface area contributed by atoms with Gasteiger partial charge in [-0.1, -0.05) is 6.92 Å². The minimum atomic E-state index is -3.09. The Morgan fingerprint density at radius 1 is 1.53 bits per heavy atom. The maximum absolute atomic E-state index is 11.7. The van der Waals surface area contributed by atoms with Crippen LogP contribution >= 0.6 is 0 Å². The lowest BCUT2D eigenvalue weighted by molar-refractivity contribution is 0.541. The van der Waals surface area contributed by atoms with Gasteiger partial charge in [0, 0.05) is 12.5 Å². The Bertz CT molecular complexity index is 352. The van der Waals surface area contributed by atoms with Crippen molar-refractivity contribution in [3.63, 3.8) is 0 Å². The van der Waals surface area contributed by atoms with Gasteiger partial charge in [-0.05, 0) is 24.7 Å². The van der Waals surface area contributed by atoms with Gasteiger partial charge in [0.05, 0.1) is 17.6 Å². The van der Waals surface area contributed by atoms with E-state index in [1.54, 1.807) is 0 Å².